The van der Waals surface area contributed by atoms with Crippen LogP contribution in [0.2, 0.25) is 0 Å². The number of aliphatic hydroxyl groups is 1. The summed E-state index contributed by atoms with van der Waals surface area (Å²) in [6.07, 6.45) is 25.3. The van der Waals surface area contributed by atoms with Crippen LogP contribution >= 0.6 is 0 Å². The predicted octanol–water partition coefficient (Wildman–Crippen LogP) is 2.91. The number of aliphatic imine (C=N–C) groups is 1. The summed E-state index contributed by atoms with van der Waals surface area (Å²) in [5, 5.41) is 11.3. The van der Waals surface area contributed by atoms with Gasteiger partial charge in [0, 0.05) is 19.5 Å². The second-order valence-corrected chi connectivity index (χ2v) is 9.31. The summed E-state index contributed by atoms with van der Waals surface area (Å²) < 4.78 is 0. The van der Waals surface area contributed by atoms with Crippen LogP contribution in [0.3, 0.4) is 0 Å². The first-order valence-corrected chi connectivity index (χ1v) is 12.8. The average Bonchev–Trinajstić information content (AvgIpc) is 3.12. The molecule has 0 saturated carbocycles. The Morgan fingerprint density at radius 2 is 1.81 bits per heavy atom. The normalized spacial score (nSPS) is 25.9. The number of nitrogens with one attached hydrogen (secondary N) is 2. The fraction of sp³-hybridized carbons (Fsp3) is 0.800. The predicted molar refractivity (Wildman–Crippen MR) is 131 cm³/mol. The summed E-state index contributed by atoms with van der Waals surface area (Å²) in [6, 6.07) is 0. The fourth-order valence-electron chi connectivity index (χ4n) is 5.08. The average molecular weight is 435 g/mol. The Balaban J connectivity index is 1.59. The van der Waals surface area contributed by atoms with Crippen LogP contribution in [-0.4, -0.2) is 54.4 Å². The highest BCUT2D eigenvalue weighted by Gasteiger charge is 2.46. The molecule has 0 bridgehead atoms. The first kappa shape index (κ1) is 26.0. The van der Waals surface area contributed by atoms with Crippen molar-refractivity contribution in [2.75, 3.05) is 26.2 Å². The molecule has 2 heterocycles. The van der Waals surface area contributed by atoms with Crippen molar-refractivity contribution in [3.63, 3.8) is 0 Å². The molecule has 6 heteroatoms. The number of nitrogens with zero attached hydrogens (tertiary/aromatic N) is 2. The Hall–Kier alpha value is -1.21. The number of unbranched alkanes of at least 4 members (excludes halogenated alkanes) is 10. The van der Waals surface area contributed by atoms with Crippen LogP contribution in [-0.2, 0) is 0 Å². The number of fused-ring (bicyclic) bond motifs is 1. The number of allylic oxidation sites excluding steroid dienone is 1. The number of quaternary nitrogens is 1. The summed E-state index contributed by atoms with van der Waals surface area (Å²) in [5.74, 6) is 5.18. The third-order valence-electron chi connectivity index (χ3n) is 6.85. The lowest BCUT2D eigenvalue weighted by molar-refractivity contribution is -0.937. The quantitative estimate of drug-likeness (QED) is 0.0668. The molecule has 1 saturated heterocycles. The Bertz CT molecular complexity index is 538. The smallest absolute Gasteiger partial charge is 0.165 e. The molecule has 2 rings (SSSR count). The molecule has 3 atom stereocenters. The van der Waals surface area contributed by atoms with Crippen molar-refractivity contribution in [2.45, 2.75) is 102 Å². The van der Waals surface area contributed by atoms with E-state index in [2.05, 4.69) is 34.0 Å². The highest BCUT2D eigenvalue weighted by molar-refractivity contribution is 5.52. The van der Waals surface area contributed by atoms with Gasteiger partial charge in [-0.25, -0.2) is 10.7 Å². The highest BCUT2D eigenvalue weighted by atomic mass is 16.3. The van der Waals surface area contributed by atoms with E-state index in [-0.39, 0.29) is 0 Å². The number of hydrazine groups is 1. The fourth-order valence-corrected chi connectivity index (χ4v) is 5.08. The molecule has 178 valence electrons. The van der Waals surface area contributed by atoms with Gasteiger partial charge in [0.1, 0.15) is 5.72 Å². The van der Waals surface area contributed by atoms with Crippen molar-refractivity contribution in [3.05, 3.63) is 24.8 Å². The van der Waals surface area contributed by atoms with E-state index in [0.29, 0.717) is 6.17 Å². The van der Waals surface area contributed by atoms with Crippen molar-refractivity contribution < 1.29 is 10.0 Å². The van der Waals surface area contributed by atoms with Crippen LogP contribution in [0.25, 0.3) is 0 Å². The van der Waals surface area contributed by atoms with Crippen molar-refractivity contribution in [1.29, 1.82) is 0 Å². The van der Waals surface area contributed by atoms with Crippen molar-refractivity contribution >= 4 is 6.34 Å². The third-order valence-corrected chi connectivity index (χ3v) is 6.85. The molecule has 0 aromatic rings. The van der Waals surface area contributed by atoms with E-state index in [9.17, 15) is 5.11 Å². The van der Waals surface area contributed by atoms with Gasteiger partial charge in [-0.1, -0.05) is 44.6 Å². The molecule has 0 radical (unpaired) electrons. The van der Waals surface area contributed by atoms with Crippen molar-refractivity contribution in [3.8, 4) is 0 Å². The maximum Gasteiger partial charge on any atom is 0.165 e. The molecule has 0 aromatic carbocycles. The molecule has 1 fully saturated rings. The lowest BCUT2D eigenvalue weighted by Crippen LogP contribution is -3.18. The topological polar surface area (TPSA) is 78.3 Å². The molecule has 2 aliphatic heterocycles. The zero-order valence-corrected chi connectivity index (χ0v) is 19.7. The van der Waals surface area contributed by atoms with E-state index in [1.807, 2.05) is 6.08 Å². The number of nitrogens with two attached hydrogens (primary N) is 1. The standard InChI is InChI=1S/C25H47N5O/c1-2-3-4-5-6-7-8-9-10-12-17-25(31)18-16-24-29(21-15-22-30(24)25)20-14-11-13-19-27-23-28-26/h2,16,18,23-24,31H,1,3-15,17,19-22,26H2,(H,27,28)/p+1. The molecule has 0 aromatic heterocycles. The van der Waals surface area contributed by atoms with Gasteiger partial charge in [0.15, 0.2) is 6.17 Å². The summed E-state index contributed by atoms with van der Waals surface area (Å²) in [6.45, 7) is 8.02. The summed E-state index contributed by atoms with van der Waals surface area (Å²) in [7, 11) is 0. The number of rotatable bonds is 18. The van der Waals surface area contributed by atoms with Gasteiger partial charge in [0.2, 0.25) is 0 Å². The zero-order valence-electron chi connectivity index (χ0n) is 19.7. The van der Waals surface area contributed by atoms with E-state index >= 15 is 0 Å². The second kappa shape index (κ2) is 15.6. The molecule has 3 unspecified atom stereocenters. The maximum atomic E-state index is 11.3. The van der Waals surface area contributed by atoms with E-state index < -0.39 is 5.72 Å². The van der Waals surface area contributed by atoms with Gasteiger partial charge in [-0.2, -0.15) is 0 Å². The highest BCUT2D eigenvalue weighted by Crippen LogP contribution is 2.30. The Morgan fingerprint density at radius 3 is 2.55 bits per heavy atom. The Labute approximate surface area is 190 Å². The molecule has 31 heavy (non-hydrogen) atoms. The molecule has 5 N–H and O–H groups in total. The van der Waals surface area contributed by atoms with Gasteiger partial charge < -0.3 is 15.4 Å². The van der Waals surface area contributed by atoms with Gasteiger partial charge in [-0.05, 0) is 57.1 Å². The van der Waals surface area contributed by atoms with Crippen LogP contribution in [0.4, 0.5) is 0 Å². The lowest BCUT2D eigenvalue weighted by Gasteiger charge is -2.43. The van der Waals surface area contributed by atoms with Gasteiger partial charge in [0.25, 0.3) is 0 Å². The van der Waals surface area contributed by atoms with Crippen LogP contribution in [0, 0.1) is 0 Å². The monoisotopic (exact) mass is 434 g/mol. The van der Waals surface area contributed by atoms with Crippen LogP contribution in [0.15, 0.2) is 29.8 Å². The summed E-state index contributed by atoms with van der Waals surface area (Å²) >= 11 is 0. The minimum absolute atomic E-state index is 0.355. The Kier molecular flexibility index (Phi) is 13.1. The maximum absolute atomic E-state index is 11.3. The summed E-state index contributed by atoms with van der Waals surface area (Å²) in [4.78, 5) is 8.17. The van der Waals surface area contributed by atoms with Gasteiger partial charge in [-0.3, -0.25) is 4.99 Å². The minimum atomic E-state index is -0.717. The molecule has 0 aliphatic carbocycles. The molecule has 6 nitrogen and oxygen atoms in total. The summed E-state index contributed by atoms with van der Waals surface area (Å²) in [5.41, 5.74) is 1.73. The van der Waals surface area contributed by atoms with Crippen molar-refractivity contribution in [1.82, 2.24) is 10.3 Å². The van der Waals surface area contributed by atoms with E-state index in [0.717, 1.165) is 38.8 Å². The molecule has 2 aliphatic rings. The largest absolute Gasteiger partial charge is 0.372 e. The van der Waals surface area contributed by atoms with Gasteiger partial charge >= 0.3 is 0 Å². The van der Waals surface area contributed by atoms with Crippen LogP contribution < -0.4 is 16.2 Å². The van der Waals surface area contributed by atoms with Crippen LogP contribution in [0.5, 0.6) is 0 Å². The van der Waals surface area contributed by atoms with Crippen LogP contribution in [0.1, 0.15) is 89.9 Å². The van der Waals surface area contributed by atoms with E-state index in [1.54, 1.807) is 11.2 Å². The molecular weight excluding hydrogens is 386 g/mol. The minimum Gasteiger partial charge on any atom is -0.372 e. The Morgan fingerprint density at radius 1 is 1.10 bits per heavy atom. The van der Waals surface area contributed by atoms with Gasteiger partial charge in [0.05, 0.1) is 19.4 Å². The molecule has 0 spiro atoms. The van der Waals surface area contributed by atoms with Crippen molar-refractivity contribution in [2.24, 2.45) is 10.8 Å². The van der Waals surface area contributed by atoms with E-state index in [4.69, 9.17) is 5.84 Å². The zero-order chi connectivity index (χ0) is 22.2. The number of hydrogen-bond donors (Lipinski definition) is 4. The second-order valence-electron chi connectivity index (χ2n) is 9.31. The van der Waals surface area contributed by atoms with Gasteiger partial charge in [-0.15, -0.1) is 6.58 Å². The molecular formula is C25H48N5O+. The molecule has 0 amide bonds. The van der Waals surface area contributed by atoms with E-state index in [1.165, 1.54) is 77.3 Å². The SMILES string of the molecule is C=CCCCCCCCCCCC1(O)C=CC2N1CCC[NH+]2CCCCCN=CNN. The lowest BCUT2D eigenvalue weighted by atomic mass is 10.0. The first-order valence-electron chi connectivity index (χ1n) is 12.8. The first-order chi connectivity index (χ1) is 15.2. The third kappa shape index (κ3) is 9.44. The number of hydrogen-bond acceptors (Lipinski definition) is 4.